The van der Waals surface area contributed by atoms with Gasteiger partial charge in [0.25, 0.3) is 0 Å². The molecule has 0 aromatic heterocycles. The van der Waals surface area contributed by atoms with E-state index in [-0.39, 0.29) is 11.8 Å². The van der Waals surface area contributed by atoms with Gasteiger partial charge in [-0.1, -0.05) is 0 Å². The van der Waals surface area contributed by atoms with E-state index in [1.165, 1.54) is 0 Å². The van der Waals surface area contributed by atoms with Crippen LogP contribution in [0.4, 0.5) is 0 Å². The van der Waals surface area contributed by atoms with Crippen LogP contribution in [0.2, 0.25) is 0 Å². The monoisotopic (exact) mass is 363 g/mol. The summed E-state index contributed by atoms with van der Waals surface area (Å²) in [5.41, 5.74) is 1.91. The van der Waals surface area contributed by atoms with Gasteiger partial charge in [-0.05, 0) is 49.1 Å². The van der Waals surface area contributed by atoms with E-state index in [0.29, 0.717) is 18.0 Å². The molecule has 0 heterocycles. The second-order valence-electron chi connectivity index (χ2n) is 5.55. The van der Waals surface area contributed by atoms with Gasteiger partial charge in [0.2, 0.25) is 0 Å². The van der Waals surface area contributed by atoms with E-state index in [0.717, 1.165) is 21.8 Å². The summed E-state index contributed by atoms with van der Waals surface area (Å²) in [5.74, 6) is 2.39. The number of rotatable bonds is 8. The fourth-order valence-corrected chi connectivity index (χ4v) is 3.23. The van der Waals surface area contributed by atoms with E-state index < -0.39 is 0 Å². The van der Waals surface area contributed by atoms with Gasteiger partial charge in [-0.2, -0.15) is 0 Å². The maximum Gasteiger partial charge on any atom is 0.161 e. The summed E-state index contributed by atoms with van der Waals surface area (Å²) in [7, 11) is 4.88. The SMILES string of the molecule is COc1ccc(O)c(C(C)NCc2cc(OC)c(OC)cc2SC)c1. The number of methoxy groups -OCH3 is 3. The van der Waals surface area contributed by atoms with Crippen molar-refractivity contribution in [2.75, 3.05) is 27.6 Å². The Bertz CT molecular complexity index is 721. The first-order valence-corrected chi connectivity index (χ1v) is 9.15. The van der Waals surface area contributed by atoms with E-state index in [1.54, 1.807) is 45.2 Å². The molecular weight excluding hydrogens is 338 g/mol. The molecule has 0 amide bonds. The van der Waals surface area contributed by atoms with Gasteiger partial charge >= 0.3 is 0 Å². The smallest absolute Gasteiger partial charge is 0.161 e. The lowest BCUT2D eigenvalue weighted by Gasteiger charge is -2.19. The molecule has 2 aromatic rings. The van der Waals surface area contributed by atoms with Gasteiger partial charge in [0.1, 0.15) is 11.5 Å². The number of hydrogen-bond donors (Lipinski definition) is 2. The molecule has 0 aliphatic rings. The Hall–Kier alpha value is -2.05. The van der Waals surface area contributed by atoms with Crippen molar-refractivity contribution >= 4 is 11.8 Å². The van der Waals surface area contributed by atoms with Gasteiger partial charge < -0.3 is 24.6 Å². The fourth-order valence-electron chi connectivity index (χ4n) is 2.61. The molecule has 0 bridgehead atoms. The molecule has 0 aliphatic heterocycles. The maximum atomic E-state index is 10.1. The molecule has 0 saturated carbocycles. The standard InChI is InChI=1S/C19H25NO4S/c1-12(15-9-14(22-2)6-7-16(15)21)20-11-13-8-17(23-3)18(24-4)10-19(13)25-5/h6-10,12,20-21H,11H2,1-5H3. The van der Waals surface area contributed by atoms with Crippen LogP contribution in [0.5, 0.6) is 23.0 Å². The molecule has 2 aromatic carbocycles. The van der Waals surface area contributed by atoms with Crippen molar-refractivity contribution in [2.45, 2.75) is 24.4 Å². The van der Waals surface area contributed by atoms with E-state index in [4.69, 9.17) is 14.2 Å². The van der Waals surface area contributed by atoms with Gasteiger partial charge in [-0.25, -0.2) is 0 Å². The Kier molecular flexibility index (Phi) is 6.84. The lowest BCUT2D eigenvalue weighted by molar-refractivity contribution is 0.353. The zero-order valence-electron chi connectivity index (χ0n) is 15.3. The molecule has 0 saturated heterocycles. The summed E-state index contributed by atoms with van der Waals surface area (Å²) >= 11 is 1.66. The minimum Gasteiger partial charge on any atom is -0.508 e. The van der Waals surface area contributed by atoms with Gasteiger partial charge in [-0.3, -0.25) is 0 Å². The zero-order valence-corrected chi connectivity index (χ0v) is 16.1. The first kappa shape index (κ1) is 19.3. The second kappa shape index (κ2) is 8.87. The maximum absolute atomic E-state index is 10.1. The highest BCUT2D eigenvalue weighted by atomic mass is 32.2. The molecule has 1 unspecified atom stereocenters. The average molecular weight is 363 g/mol. The minimum atomic E-state index is -0.0436. The van der Waals surface area contributed by atoms with Crippen molar-refractivity contribution in [3.05, 3.63) is 41.5 Å². The van der Waals surface area contributed by atoms with Crippen molar-refractivity contribution in [2.24, 2.45) is 0 Å². The summed E-state index contributed by atoms with van der Waals surface area (Å²) in [5, 5.41) is 13.6. The molecule has 0 spiro atoms. The first-order chi connectivity index (χ1) is 12.0. The normalized spacial score (nSPS) is 11.9. The van der Waals surface area contributed by atoms with Gasteiger partial charge in [0, 0.05) is 23.0 Å². The van der Waals surface area contributed by atoms with Crippen molar-refractivity contribution in [3.8, 4) is 23.0 Å². The molecule has 0 radical (unpaired) electrons. The van der Waals surface area contributed by atoms with Crippen LogP contribution in [-0.4, -0.2) is 32.7 Å². The first-order valence-electron chi connectivity index (χ1n) is 7.93. The van der Waals surface area contributed by atoms with Crippen LogP contribution in [0, 0.1) is 0 Å². The van der Waals surface area contributed by atoms with Crippen LogP contribution in [0.1, 0.15) is 24.1 Å². The summed E-state index contributed by atoms with van der Waals surface area (Å²) < 4.78 is 16.0. The Morgan fingerprint density at radius 1 is 1.04 bits per heavy atom. The van der Waals surface area contributed by atoms with Gasteiger partial charge in [-0.15, -0.1) is 11.8 Å². The highest BCUT2D eigenvalue weighted by Gasteiger charge is 2.14. The Balaban J connectivity index is 2.20. The summed E-state index contributed by atoms with van der Waals surface area (Å²) in [6, 6.07) is 9.15. The molecule has 0 fully saturated rings. The summed E-state index contributed by atoms with van der Waals surface area (Å²) in [4.78, 5) is 1.12. The molecule has 0 aliphatic carbocycles. The number of benzene rings is 2. The number of phenols is 1. The summed E-state index contributed by atoms with van der Waals surface area (Å²) in [6.45, 7) is 2.64. The number of phenolic OH excluding ortho intramolecular Hbond substituents is 1. The molecule has 5 nitrogen and oxygen atoms in total. The molecule has 1 atom stereocenters. The molecule has 25 heavy (non-hydrogen) atoms. The summed E-state index contributed by atoms with van der Waals surface area (Å²) in [6.07, 6.45) is 2.03. The number of thioether (sulfide) groups is 1. The second-order valence-corrected chi connectivity index (χ2v) is 6.39. The molecule has 2 N–H and O–H groups in total. The van der Waals surface area contributed by atoms with Gasteiger partial charge in [0.05, 0.1) is 21.3 Å². The highest BCUT2D eigenvalue weighted by Crippen LogP contribution is 2.35. The Labute approximate surface area is 153 Å². The number of hydrogen-bond acceptors (Lipinski definition) is 6. The van der Waals surface area contributed by atoms with Crippen LogP contribution in [0.25, 0.3) is 0 Å². The predicted octanol–water partition coefficient (Wildman–Crippen LogP) is 3.99. The van der Waals surface area contributed by atoms with Crippen molar-refractivity contribution in [1.29, 1.82) is 0 Å². The van der Waals surface area contributed by atoms with Crippen molar-refractivity contribution < 1.29 is 19.3 Å². The lowest BCUT2D eigenvalue weighted by Crippen LogP contribution is -2.18. The average Bonchev–Trinajstić information content (AvgIpc) is 2.65. The topological polar surface area (TPSA) is 60.0 Å². The van der Waals surface area contributed by atoms with Crippen molar-refractivity contribution in [1.82, 2.24) is 5.32 Å². The number of nitrogens with one attached hydrogen (secondary N) is 1. The largest absolute Gasteiger partial charge is 0.508 e. The predicted molar refractivity (Wildman–Crippen MR) is 101 cm³/mol. The van der Waals surface area contributed by atoms with Gasteiger partial charge in [0.15, 0.2) is 11.5 Å². The van der Waals surface area contributed by atoms with Crippen LogP contribution >= 0.6 is 11.8 Å². The van der Waals surface area contributed by atoms with Crippen molar-refractivity contribution in [3.63, 3.8) is 0 Å². The third-order valence-corrected chi connectivity index (χ3v) is 4.91. The lowest BCUT2D eigenvalue weighted by atomic mass is 10.1. The third kappa shape index (κ3) is 4.52. The van der Waals surface area contributed by atoms with Crippen LogP contribution < -0.4 is 19.5 Å². The number of aromatic hydroxyl groups is 1. The van der Waals surface area contributed by atoms with E-state index in [1.807, 2.05) is 31.4 Å². The molecule has 6 heteroatoms. The van der Waals surface area contributed by atoms with E-state index in [9.17, 15) is 5.11 Å². The Morgan fingerprint density at radius 2 is 1.72 bits per heavy atom. The number of ether oxygens (including phenoxy) is 3. The Morgan fingerprint density at radius 3 is 2.32 bits per heavy atom. The fraction of sp³-hybridized carbons (Fsp3) is 0.368. The van der Waals surface area contributed by atoms with Crippen LogP contribution in [-0.2, 0) is 6.54 Å². The molecule has 2 rings (SSSR count). The minimum absolute atomic E-state index is 0.0436. The highest BCUT2D eigenvalue weighted by molar-refractivity contribution is 7.98. The zero-order chi connectivity index (χ0) is 18.4. The van der Waals surface area contributed by atoms with Crippen LogP contribution in [0.15, 0.2) is 35.2 Å². The quantitative estimate of drug-likeness (QED) is 0.692. The third-order valence-electron chi connectivity index (χ3n) is 4.09. The van der Waals surface area contributed by atoms with Crippen LogP contribution in [0.3, 0.4) is 0 Å². The molecule has 136 valence electrons. The van der Waals surface area contributed by atoms with E-state index in [2.05, 4.69) is 5.32 Å². The molecular formula is C19H25NO4S. The van der Waals surface area contributed by atoms with E-state index >= 15 is 0 Å².